The Balaban J connectivity index is 2.00. The lowest BCUT2D eigenvalue weighted by molar-refractivity contribution is -0.124. The number of ether oxygens (including phenoxy) is 1. The highest BCUT2D eigenvalue weighted by atomic mass is 35.5. The molecule has 1 amide bonds. The number of carbonyl (C=O) groups is 2. The van der Waals surface area contributed by atoms with E-state index in [1.807, 2.05) is 0 Å². The minimum Gasteiger partial charge on any atom is -0.449 e. The predicted octanol–water partition coefficient (Wildman–Crippen LogP) is 3.50. The van der Waals surface area contributed by atoms with Crippen LogP contribution in [0.1, 0.15) is 23.7 Å². The van der Waals surface area contributed by atoms with Gasteiger partial charge in [-0.2, -0.15) is 0 Å². The van der Waals surface area contributed by atoms with Crippen molar-refractivity contribution in [2.75, 3.05) is 11.1 Å². The smallest absolute Gasteiger partial charge is 0.338 e. The minimum atomic E-state index is -0.879. The normalized spacial score (nSPS) is 11.6. The lowest BCUT2D eigenvalue weighted by Gasteiger charge is -2.16. The Kier molecular flexibility index (Phi) is 5.60. The first-order valence-corrected chi connectivity index (χ1v) is 7.50. The second-order valence-electron chi connectivity index (χ2n) is 4.92. The number of anilines is 2. The lowest BCUT2D eigenvalue weighted by Crippen LogP contribution is -2.32. The zero-order valence-corrected chi connectivity index (χ0v) is 13.3. The number of halogens is 1. The molecule has 0 heterocycles. The van der Waals surface area contributed by atoms with E-state index in [1.54, 1.807) is 55.5 Å². The van der Waals surface area contributed by atoms with Crippen LogP contribution in [0.3, 0.4) is 0 Å². The van der Waals surface area contributed by atoms with Crippen LogP contribution in [0.15, 0.2) is 48.5 Å². The third-order valence-corrected chi connectivity index (χ3v) is 3.42. The number of benzene rings is 2. The molecule has 0 spiro atoms. The zero-order valence-electron chi connectivity index (χ0n) is 12.6. The first kappa shape index (κ1) is 16.8. The van der Waals surface area contributed by atoms with E-state index in [4.69, 9.17) is 22.1 Å². The fourth-order valence-corrected chi connectivity index (χ4v) is 2.02. The molecule has 0 aliphatic rings. The standard InChI is InChI=1S/C17H17ClN2O3/c1-2-15(16(21)20-14-9-5-12(18)6-10-14)23-17(22)11-3-7-13(19)8-4-11/h3-10,15H,2,19H2,1H3,(H,20,21). The second-order valence-corrected chi connectivity index (χ2v) is 5.36. The van der Waals surface area contributed by atoms with Gasteiger partial charge in [0.05, 0.1) is 5.56 Å². The summed E-state index contributed by atoms with van der Waals surface area (Å²) in [5.74, 6) is -0.957. The lowest BCUT2D eigenvalue weighted by atomic mass is 10.2. The van der Waals surface area contributed by atoms with Crippen molar-refractivity contribution in [1.82, 2.24) is 0 Å². The van der Waals surface area contributed by atoms with Crippen LogP contribution in [0.5, 0.6) is 0 Å². The molecule has 0 aliphatic heterocycles. The molecule has 1 unspecified atom stereocenters. The average molecular weight is 333 g/mol. The number of amides is 1. The number of esters is 1. The summed E-state index contributed by atoms with van der Waals surface area (Å²) in [6.45, 7) is 1.77. The molecule has 0 aliphatic carbocycles. The number of nitrogens with two attached hydrogens (primary N) is 1. The van der Waals surface area contributed by atoms with Crippen LogP contribution in [0.25, 0.3) is 0 Å². The molecule has 5 nitrogen and oxygen atoms in total. The Bertz CT molecular complexity index is 684. The first-order valence-electron chi connectivity index (χ1n) is 7.12. The number of carbonyl (C=O) groups excluding carboxylic acids is 2. The van der Waals surface area contributed by atoms with Gasteiger partial charge in [0.25, 0.3) is 5.91 Å². The molecule has 2 aromatic rings. The number of rotatable bonds is 5. The van der Waals surface area contributed by atoms with Crippen molar-refractivity contribution in [1.29, 1.82) is 0 Å². The van der Waals surface area contributed by atoms with Crippen LogP contribution in [-0.4, -0.2) is 18.0 Å². The third kappa shape index (κ3) is 4.72. The first-order chi connectivity index (χ1) is 11.0. The largest absolute Gasteiger partial charge is 0.449 e. The van der Waals surface area contributed by atoms with Crippen LogP contribution >= 0.6 is 11.6 Å². The van der Waals surface area contributed by atoms with Crippen molar-refractivity contribution in [3.05, 3.63) is 59.1 Å². The number of hydrogen-bond donors (Lipinski definition) is 2. The van der Waals surface area contributed by atoms with Crippen LogP contribution in [0.4, 0.5) is 11.4 Å². The van der Waals surface area contributed by atoms with E-state index in [1.165, 1.54) is 0 Å². The van der Waals surface area contributed by atoms with Crippen LogP contribution in [0.2, 0.25) is 5.02 Å². The summed E-state index contributed by atoms with van der Waals surface area (Å²) < 4.78 is 5.27. The van der Waals surface area contributed by atoms with Gasteiger partial charge in [-0.15, -0.1) is 0 Å². The van der Waals surface area contributed by atoms with Crippen LogP contribution < -0.4 is 11.1 Å². The highest BCUT2D eigenvalue weighted by Gasteiger charge is 2.22. The molecule has 23 heavy (non-hydrogen) atoms. The number of nitrogen functional groups attached to an aromatic ring is 1. The maximum Gasteiger partial charge on any atom is 0.338 e. The van der Waals surface area contributed by atoms with Crippen molar-refractivity contribution in [3.8, 4) is 0 Å². The Morgan fingerprint density at radius 3 is 2.30 bits per heavy atom. The topological polar surface area (TPSA) is 81.4 Å². The third-order valence-electron chi connectivity index (χ3n) is 3.17. The molecular formula is C17H17ClN2O3. The molecule has 0 bridgehead atoms. The van der Waals surface area contributed by atoms with Gasteiger partial charge in [0.1, 0.15) is 0 Å². The fourth-order valence-electron chi connectivity index (χ4n) is 1.89. The van der Waals surface area contributed by atoms with Gasteiger partial charge >= 0.3 is 5.97 Å². The summed E-state index contributed by atoms with van der Waals surface area (Å²) in [5, 5.41) is 3.27. The van der Waals surface area contributed by atoms with Crippen molar-refractivity contribution < 1.29 is 14.3 Å². The fraction of sp³-hybridized carbons (Fsp3) is 0.176. The summed E-state index contributed by atoms with van der Waals surface area (Å²) in [6.07, 6.45) is -0.518. The number of nitrogens with one attached hydrogen (secondary N) is 1. The molecule has 120 valence electrons. The van der Waals surface area contributed by atoms with E-state index in [0.717, 1.165) is 0 Å². The van der Waals surface area contributed by atoms with E-state index in [-0.39, 0.29) is 0 Å². The molecule has 0 aromatic heterocycles. The molecule has 0 saturated carbocycles. The van der Waals surface area contributed by atoms with Gasteiger partial charge in [0, 0.05) is 16.4 Å². The molecule has 2 aromatic carbocycles. The Labute approximate surface area is 139 Å². The average Bonchev–Trinajstić information content (AvgIpc) is 2.55. The Morgan fingerprint density at radius 2 is 1.74 bits per heavy atom. The van der Waals surface area contributed by atoms with Gasteiger partial charge in [-0.25, -0.2) is 4.79 Å². The SMILES string of the molecule is CCC(OC(=O)c1ccc(N)cc1)C(=O)Nc1ccc(Cl)cc1. The molecule has 1 atom stereocenters. The molecule has 0 fully saturated rings. The van der Waals surface area contributed by atoms with Gasteiger partial charge in [-0.1, -0.05) is 18.5 Å². The van der Waals surface area contributed by atoms with Crippen molar-refractivity contribution >= 4 is 34.9 Å². The van der Waals surface area contributed by atoms with E-state index in [0.29, 0.717) is 28.4 Å². The summed E-state index contributed by atoms with van der Waals surface area (Å²) in [5.41, 5.74) is 7.05. The molecular weight excluding hydrogens is 316 g/mol. The van der Waals surface area contributed by atoms with Gasteiger partial charge in [-0.3, -0.25) is 4.79 Å². The van der Waals surface area contributed by atoms with Crippen molar-refractivity contribution in [2.45, 2.75) is 19.4 Å². The van der Waals surface area contributed by atoms with E-state index in [2.05, 4.69) is 5.32 Å². The predicted molar refractivity (Wildman–Crippen MR) is 90.4 cm³/mol. The van der Waals surface area contributed by atoms with Gasteiger partial charge in [-0.05, 0) is 55.0 Å². The van der Waals surface area contributed by atoms with Crippen molar-refractivity contribution in [2.24, 2.45) is 0 Å². The van der Waals surface area contributed by atoms with Gasteiger partial charge in [0.15, 0.2) is 6.10 Å². The van der Waals surface area contributed by atoms with Crippen LogP contribution in [0, 0.1) is 0 Å². The molecule has 0 saturated heterocycles. The maximum absolute atomic E-state index is 12.2. The Morgan fingerprint density at radius 1 is 1.13 bits per heavy atom. The second kappa shape index (κ2) is 7.65. The molecule has 0 radical (unpaired) electrons. The molecule has 2 rings (SSSR count). The van der Waals surface area contributed by atoms with Gasteiger partial charge in [0.2, 0.25) is 0 Å². The summed E-state index contributed by atoms with van der Waals surface area (Å²) in [4.78, 5) is 24.3. The van der Waals surface area contributed by atoms with Crippen LogP contribution in [-0.2, 0) is 9.53 Å². The highest BCUT2D eigenvalue weighted by Crippen LogP contribution is 2.15. The molecule has 6 heteroatoms. The highest BCUT2D eigenvalue weighted by molar-refractivity contribution is 6.30. The van der Waals surface area contributed by atoms with Gasteiger partial charge < -0.3 is 15.8 Å². The maximum atomic E-state index is 12.2. The molecule has 3 N–H and O–H groups in total. The summed E-state index contributed by atoms with van der Waals surface area (Å²) >= 11 is 5.79. The quantitative estimate of drug-likeness (QED) is 0.648. The van der Waals surface area contributed by atoms with Crippen molar-refractivity contribution in [3.63, 3.8) is 0 Å². The monoisotopic (exact) mass is 332 g/mol. The van der Waals surface area contributed by atoms with E-state index in [9.17, 15) is 9.59 Å². The Hall–Kier alpha value is -2.53. The number of hydrogen-bond acceptors (Lipinski definition) is 4. The minimum absolute atomic E-state index is 0.344. The summed E-state index contributed by atoms with van der Waals surface area (Å²) in [7, 11) is 0. The zero-order chi connectivity index (χ0) is 16.8. The van der Waals surface area contributed by atoms with E-state index >= 15 is 0 Å². The van der Waals surface area contributed by atoms with E-state index < -0.39 is 18.0 Å². The summed E-state index contributed by atoms with van der Waals surface area (Å²) in [6, 6.07) is 13.0.